The average molecular weight is 283 g/mol. The number of hydrogen-bond acceptors (Lipinski definition) is 5. The molecule has 18 heavy (non-hydrogen) atoms. The van der Waals surface area contributed by atoms with Gasteiger partial charge in [0.15, 0.2) is 5.52 Å². The summed E-state index contributed by atoms with van der Waals surface area (Å²) in [6.07, 6.45) is 1.52. The molecule has 0 spiro atoms. The van der Waals surface area contributed by atoms with Gasteiger partial charge in [-0.05, 0) is 19.1 Å². The Morgan fingerprint density at radius 3 is 2.89 bits per heavy atom. The van der Waals surface area contributed by atoms with Crippen molar-refractivity contribution in [1.29, 1.82) is 0 Å². The van der Waals surface area contributed by atoms with Crippen molar-refractivity contribution in [3.05, 3.63) is 39.2 Å². The van der Waals surface area contributed by atoms with Crippen molar-refractivity contribution in [2.24, 2.45) is 0 Å². The normalized spacial score (nSPS) is 14.6. The van der Waals surface area contributed by atoms with Crippen molar-refractivity contribution in [3.8, 4) is 0 Å². The zero-order valence-electron chi connectivity index (χ0n) is 9.75. The molecule has 2 heterocycles. The zero-order chi connectivity index (χ0) is 13.3. The van der Waals surface area contributed by atoms with E-state index in [9.17, 15) is 9.59 Å². The SMILES string of the molecule is C[C@](S)(CS)Cn1c(=O)[nH]c2cccnc2c1=O. The van der Waals surface area contributed by atoms with Crippen molar-refractivity contribution >= 4 is 36.3 Å². The molecule has 1 atom stereocenters. The number of aromatic amines is 1. The summed E-state index contributed by atoms with van der Waals surface area (Å²) >= 11 is 8.53. The lowest BCUT2D eigenvalue weighted by Gasteiger charge is -2.21. The lowest BCUT2D eigenvalue weighted by atomic mass is 10.2. The number of hydrogen-bond donors (Lipinski definition) is 3. The number of pyridine rings is 1. The van der Waals surface area contributed by atoms with Crippen LogP contribution in [0.25, 0.3) is 11.0 Å². The van der Waals surface area contributed by atoms with Crippen LogP contribution < -0.4 is 11.2 Å². The van der Waals surface area contributed by atoms with E-state index in [0.29, 0.717) is 11.3 Å². The monoisotopic (exact) mass is 283 g/mol. The number of aromatic nitrogens is 3. The van der Waals surface area contributed by atoms with E-state index in [4.69, 9.17) is 0 Å². The standard InChI is InChI=1S/C11H13N3O2S2/c1-11(18,6-17)5-14-9(15)8-7(13-10(14)16)3-2-4-12-8/h2-4,17-18H,5-6H2,1H3,(H,13,16)/t11-/m1/s1. The largest absolute Gasteiger partial charge is 0.328 e. The van der Waals surface area contributed by atoms with Crippen LogP contribution in [0.4, 0.5) is 0 Å². The summed E-state index contributed by atoms with van der Waals surface area (Å²) in [5, 5.41) is 0. The molecule has 0 amide bonds. The Morgan fingerprint density at radius 1 is 1.50 bits per heavy atom. The quantitative estimate of drug-likeness (QED) is 0.727. The molecule has 2 rings (SSSR count). The van der Waals surface area contributed by atoms with Gasteiger partial charge in [0.2, 0.25) is 0 Å². The van der Waals surface area contributed by atoms with E-state index in [2.05, 4.69) is 35.2 Å². The van der Waals surface area contributed by atoms with Crippen LogP contribution in [-0.4, -0.2) is 25.0 Å². The Labute approximate surface area is 114 Å². The Morgan fingerprint density at radius 2 is 2.22 bits per heavy atom. The van der Waals surface area contributed by atoms with Gasteiger partial charge in [0.1, 0.15) is 0 Å². The van der Waals surface area contributed by atoms with E-state index >= 15 is 0 Å². The molecule has 0 fully saturated rings. The van der Waals surface area contributed by atoms with Crippen LogP contribution in [0.5, 0.6) is 0 Å². The van der Waals surface area contributed by atoms with Gasteiger partial charge in [-0.3, -0.25) is 9.36 Å². The molecule has 0 aliphatic carbocycles. The second-order valence-electron chi connectivity index (χ2n) is 4.38. The first kappa shape index (κ1) is 13.2. The van der Waals surface area contributed by atoms with Crippen LogP contribution >= 0.6 is 25.3 Å². The van der Waals surface area contributed by atoms with Crippen molar-refractivity contribution < 1.29 is 0 Å². The van der Waals surface area contributed by atoms with Gasteiger partial charge in [-0.15, -0.1) is 0 Å². The molecule has 2 aromatic heterocycles. The molecule has 0 unspecified atom stereocenters. The fourth-order valence-corrected chi connectivity index (χ4v) is 1.85. The molecular formula is C11H13N3O2S2. The first-order valence-corrected chi connectivity index (χ1v) is 6.44. The van der Waals surface area contributed by atoms with Crippen LogP contribution in [0.2, 0.25) is 0 Å². The van der Waals surface area contributed by atoms with Gasteiger partial charge in [-0.1, -0.05) is 0 Å². The summed E-state index contributed by atoms with van der Waals surface area (Å²) in [6.45, 7) is 2.00. The average Bonchev–Trinajstić information content (AvgIpc) is 2.34. The number of nitrogens with one attached hydrogen (secondary N) is 1. The van der Waals surface area contributed by atoms with Crippen LogP contribution in [0.1, 0.15) is 6.92 Å². The van der Waals surface area contributed by atoms with E-state index in [1.165, 1.54) is 6.20 Å². The minimum absolute atomic E-state index is 0.181. The third-order valence-electron chi connectivity index (χ3n) is 2.58. The highest BCUT2D eigenvalue weighted by atomic mass is 32.1. The van der Waals surface area contributed by atoms with E-state index in [1.807, 2.05) is 6.92 Å². The summed E-state index contributed by atoms with van der Waals surface area (Å²) in [5.74, 6) is 0.447. The molecule has 2 aromatic rings. The molecule has 1 N–H and O–H groups in total. The summed E-state index contributed by atoms with van der Waals surface area (Å²) in [7, 11) is 0. The van der Waals surface area contributed by atoms with Crippen LogP contribution in [0, 0.1) is 0 Å². The number of thiol groups is 2. The highest BCUT2D eigenvalue weighted by Gasteiger charge is 2.20. The van der Waals surface area contributed by atoms with Crippen molar-refractivity contribution in [3.63, 3.8) is 0 Å². The van der Waals surface area contributed by atoms with E-state index in [1.54, 1.807) is 12.1 Å². The van der Waals surface area contributed by atoms with Gasteiger partial charge >= 0.3 is 5.69 Å². The molecule has 0 saturated heterocycles. The van der Waals surface area contributed by atoms with Gasteiger partial charge in [0.05, 0.1) is 5.52 Å². The van der Waals surface area contributed by atoms with Crippen LogP contribution in [-0.2, 0) is 6.54 Å². The molecule has 0 aromatic carbocycles. The highest BCUT2D eigenvalue weighted by Crippen LogP contribution is 2.16. The third-order valence-corrected chi connectivity index (χ3v) is 3.83. The Bertz CT molecular complexity index is 690. The number of H-pyrrole nitrogens is 1. The second-order valence-corrected chi connectivity index (χ2v) is 5.77. The van der Waals surface area contributed by atoms with E-state index in [0.717, 1.165) is 4.57 Å². The van der Waals surface area contributed by atoms with Gasteiger partial charge < -0.3 is 4.98 Å². The number of nitrogens with zero attached hydrogens (tertiary/aromatic N) is 2. The van der Waals surface area contributed by atoms with Gasteiger partial charge in [-0.2, -0.15) is 25.3 Å². The first-order valence-electron chi connectivity index (χ1n) is 5.36. The molecular weight excluding hydrogens is 270 g/mol. The zero-order valence-corrected chi connectivity index (χ0v) is 11.5. The minimum atomic E-state index is -0.539. The maximum atomic E-state index is 12.2. The van der Waals surface area contributed by atoms with Crippen LogP contribution in [0.3, 0.4) is 0 Å². The van der Waals surface area contributed by atoms with Crippen molar-refractivity contribution in [2.75, 3.05) is 5.75 Å². The summed E-state index contributed by atoms with van der Waals surface area (Å²) < 4.78 is 0.570. The van der Waals surface area contributed by atoms with E-state index < -0.39 is 16.0 Å². The smallest absolute Gasteiger partial charge is 0.305 e. The molecule has 0 radical (unpaired) electrons. The second kappa shape index (κ2) is 4.81. The highest BCUT2D eigenvalue weighted by molar-refractivity contribution is 7.85. The van der Waals surface area contributed by atoms with E-state index in [-0.39, 0.29) is 12.1 Å². The molecule has 0 saturated carbocycles. The maximum Gasteiger partial charge on any atom is 0.328 e. The van der Waals surface area contributed by atoms with Crippen molar-refractivity contribution in [1.82, 2.24) is 14.5 Å². The Kier molecular flexibility index (Phi) is 3.54. The number of fused-ring (bicyclic) bond motifs is 1. The van der Waals surface area contributed by atoms with Crippen molar-refractivity contribution in [2.45, 2.75) is 18.2 Å². The molecule has 0 aliphatic rings. The summed E-state index contributed by atoms with van der Waals surface area (Å²) in [6, 6.07) is 3.31. The molecule has 0 bridgehead atoms. The van der Waals surface area contributed by atoms with Gasteiger partial charge in [0.25, 0.3) is 5.56 Å². The molecule has 7 heteroatoms. The molecule has 5 nitrogen and oxygen atoms in total. The first-order chi connectivity index (χ1) is 8.44. The predicted molar refractivity (Wildman–Crippen MR) is 77.9 cm³/mol. The maximum absolute atomic E-state index is 12.2. The van der Waals surface area contributed by atoms with Gasteiger partial charge in [0, 0.05) is 23.2 Å². The lowest BCUT2D eigenvalue weighted by molar-refractivity contribution is 0.543. The topological polar surface area (TPSA) is 67.8 Å². The molecule has 0 aliphatic heterocycles. The number of rotatable bonds is 3. The fraction of sp³-hybridized carbons (Fsp3) is 0.364. The Hall–Kier alpha value is -1.21. The lowest BCUT2D eigenvalue weighted by Crippen LogP contribution is -2.41. The minimum Gasteiger partial charge on any atom is -0.305 e. The fourth-order valence-electron chi connectivity index (χ4n) is 1.61. The van der Waals surface area contributed by atoms with Gasteiger partial charge in [-0.25, -0.2) is 9.78 Å². The van der Waals surface area contributed by atoms with Crippen LogP contribution in [0.15, 0.2) is 27.9 Å². The Balaban J connectivity index is 2.66. The third kappa shape index (κ3) is 2.46. The molecule has 96 valence electrons. The summed E-state index contributed by atoms with van der Waals surface area (Å²) in [5.41, 5.74) is -0.171. The predicted octanol–water partition coefficient (Wildman–Crippen LogP) is 0.703. The summed E-state index contributed by atoms with van der Waals surface area (Å²) in [4.78, 5) is 30.7.